The number of carbonyl (C=O) groups excluding carboxylic acids is 2. The summed E-state index contributed by atoms with van der Waals surface area (Å²) in [5, 5.41) is 6.22. The molecule has 2 rings (SSSR count). The van der Waals surface area contributed by atoms with Gasteiger partial charge in [-0.15, -0.1) is 0 Å². The Balaban J connectivity index is 1.59. The summed E-state index contributed by atoms with van der Waals surface area (Å²) >= 11 is 0. The summed E-state index contributed by atoms with van der Waals surface area (Å²) < 4.78 is 19.7. The molecule has 0 saturated heterocycles. The smallest absolute Gasteiger partial charge is 0.220 e. The average molecular weight is 472 g/mol. The summed E-state index contributed by atoms with van der Waals surface area (Å²) in [4.78, 5) is 22.2. The molecule has 0 spiro atoms. The van der Waals surface area contributed by atoms with Crippen LogP contribution in [0.15, 0.2) is 42.5 Å². The summed E-state index contributed by atoms with van der Waals surface area (Å²) in [5.41, 5.74) is 8.61. The van der Waals surface area contributed by atoms with E-state index in [1.54, 1.807) is 6.07 Å². The van der Waals surface area contributed by atoms with Crippen LogP contribution >= 0.6 is 0 Å². The molecule has 34 heavy (non-hydrogen) atoms. The Morgan fingerprint density at radius 2 is 1.74 bits per heavy atom. The Bertz CT molecular complexity index is 904. The van der Waals surface area contributed by atoms with E-state index in [0.29, 0.717) is 18.9 Å². The highest BCUT2D eigenvalue weighted by Gasteiger charge is 2.05. The van der Waals surface area contributed by atoms with Crippen molar-refractivity contribution in [3.05, 3.63) is 65.0 Å². The predicted octanol–water partition coefficient (Wildman–Crippen LogP) is 4.04. The molecule has 0 aliphatic carbocycles. The number of aryl methyl sites for hydroxylation is 2. The van der Waals surface area contributed by atoms with E-state index in [4.69, 9.17) is 10.5 Å². The van der Waals surface area contributed by atoms with Gasteiger partial charge in [-0.1, -0.05) is 31.2 Å². The number of unbranched alkanes of at least 4 members (excludes halogenated alkanes) is 2. The zero-order chi connectivity index (χ0) is 24.6. The molecule has 0 aromatic heterocycles. The third-order valence-corrected chi connectivity index (χ3v) is 5.49. The molecule has 6 nitrogen and oxygen atoms in total. The van der Waals surface area contributed by atoms with Crippen LogP contribution in [0, 0.1) is 5.82 Å². The monoisotopic (exact) mass is 471 g/mol. The van der Waals surface area contributed by atoms with Gasteiger partial charge in [0.1, 0.15) is 11.6 Å². The zero-order valence-corrected chi connectivity index (χ0v) is 20.2. The van der Waals surface area contributed by atoms with Crippen LogP contribution in [0.25, 0.3) is 0 Å². The lowest BCUT2D eigenvalue weighted by molar-refractivity contribution is -0.125. The number of nitrogens with two attached hydrogens (primary N) is 1. The highest BCUT2D eigenvalue weighted by Crippen LogP contribution is 2.18. The standard InChI is InChI=1S/C27H38FN3O3/c1-2-21-9-7-10-23(16-21)20-30-13-4-3-8-22-17-24(28)19-25(18-22)34-15-6-5-14-31-27(33)12-11-26(29)32/h7,9-10,16-19,30H,2-6,8,11-15,20H2,1H3,(H2,29,32)(H,31,33). The van der Waals surface area contributed by atoms with Gasteiger partial charge in [-0.3, -0.25) is 9.59 Å². The van der Waals surface area contributed by atoms with Crippen LogP contribution in [-0.2, 0) is 29.0 Å². The van der Waals surface area contributed by atoms with E-state index in [0.717, 1.165) is 57.2 Å². The highest BCUT2D eigenvalue weighted by molar-refractivity contribution is 5.82. The first-order valence-electron chi connectivity index (χ1n) is 12.2. The lowest BCUT2D eigenvalue weighted by atomic mass is 10.1. The molecule has 0 heterocycles. The molecule has 0 aliphatic heterocycles. The lowest BCUT2D eigenvalue weighted by Crippen LogP contribution is -2.26. The molecule has 2 aromatic carbocycles. The molecular weight excluding hydrogens is 433 g/mol. The molecule has 0 unspecified atom stereocenters. The Kier molecular flexibility index (Phi) is 12.7. The first kappa shape index (κ1) is 27.3. The van der Waals surface area contributed by atoms with Crippen molar-refractivity contribution in [3.8, 4) is 5.75 Å². The van der Waals surface area contributed by atoms with Crippen LogP contribution < -0.4 is 21.1 Å². The fourth-order valence-corrected chi connectivity index (χ4v) is 3.59. The van der Waals surface area contributed by atoms with Crippen LogP contribution in [0.3, 0.4) is 0 Å². The molecule has 0 aliphatic rings. The lowest BCUT2D eigenvalue weighted by Gasteiger charge is -2.10. The number of hydrogen-bond donors (Lipinski definition) is 3. The minimum Gasteiger partial charge on any atom is -0.493 e. The zero-order valence-electron chi connectivity index (χ0n) is 20.2. The maximum Gasteiger partial charge on any atom is 0.220 e. The normalized spacial score (nSPS) is 10.8. The van der Waals surface area contributed by atoms with Gasteiger partial charge >= 0.3 is 0 Å². The van der Waals surface area contributed by atoms with Crippen molar-refractivity contribution >= 4 is 11.8 Å². The van der Waals surface area contributed by atoms with E-state index >= 15 is 0 Å². The highest BCUT2D eigenvalue weighted by atomic mass is 19.1. The third-order valence-electron chi connectivity index (χ3n) is 5.49. The van der Waals surface area contributed by atoms with Crippen molar-refractivity contribution in [1.82, 2.24) is 10.6 Å². The summed E-state index contributed by atoms with van der Waals surface area (Å²) in [7, 11) is 0. The first-order valence-corrected chi connectivity index (χ1v) is 12.2. The van der Waals surface area contributed by atoms with Crippen LogP contribution in [0.5, 0.6) is 5.75 Å². The molecule has 0 saturated carbocycles. The number of rotatable bonds is 17. The van der Waals surface area contributed by atoms with Crippen LogP contribution in [0.4, 0.5) is 4.39 Å². The van der Waals surface area contributed by atoms with Crippen molar-refractivity contribution < 1.29 is 18.7 Å². The van der Waals surface area contributed by atoms with Gasteiger partial charge in [0.15, 0.2) is 0 Å². The fourth-order valence-electron chi connectivity index (χ4n) is 3.59. The van der Waals surface area contributed by atoms with Gasteiger partial charge in [-0.25, -0.2) is 4.39 Å². The van der Waals surface area contributed by atoms with Crippen LogP contribution in [0.2, 0.25) is 0 Å². The number of hydrogen-bond acceptors (Lipinski definition) is 4. The van der Waals surface area contributed by atoms with Crippen molar-refractivity contribution in [2.24, 2.45) is 5.73 Å². The van der Waals surface area contributed by atoms with E-state index in [-0.39, 0.29) is 24.6 Å². The maximum atomic E-state index is 14.0. The second kappa shape index (κ2) is 15.8. The Morgan fingerprint density at radius 1 is 0.941 bits per heavy atom. The van der Waals surface area contributed by atoms with Crippen molar-refractivity contribution in [3.63, 3.8) is 0 Å². The van der Waals surface area contributed by atoms with Crippen LogP contribution in [0.1, 0.15) is 62.1 Å². The number of benzene rings is 2. The van der Waals surface area contributed by atoms with Crippen LogP contribution in [-0.4, -0.2) is 31.5 Å². The Labute approximate surface area is 202 Å². The topological polar surface area (TPSA) is 93.4 Å². The average Bonchev–Trinajstić information content (AvgIpc) is 2.82. The maximum absolute atomic E-state index is 14.0. The van der Waals surface area contributed by atoms with Gasteiger partial charge in [0, 0.05) is 32.0 Å². The summed E-state index contributed by atoms with van der Waals surface area (Å²) in [6, 6.07) is 13.5. The van der Waals surface area contributed by atoms with Crippen molar-refractivity contribution in [2.75, 3.05) is 19.7 Å². The minimum atomic E-state index is -0.483. The van der Waals surface area contributed by atoms with E-state index < -0.39 is 5.91 Å². The molecule has 7 heteroatoms. The number of halogens is 1. The Morgan fingerprint density at radius 3 is 2.53 bits per heavy atom. The van der Waals surface area contributed by atoms with E-state index in [2.05, 4.69) is 41.8 Å². The van der Waals surface area contributed by atoms with Gasteiger partial charge in [-0.05, 0) is 73.9 Å². The second-order valence-corrected chi connectivity index (χ2v) is 8.47. The number of amides is 2. The molecule has 0 fully saturated rings. The molecule has 0 bridgehead atoms. The quantitative estimate of drug-likeness (QED) is 0.304. The van der Waals surface area contributed by atoms with Crippen molar-refractivity contribution in [2.45, 2.75) is 64.8 Å². The van der Waals surface area contributed by atoms with Gasteiger partial charge in [-0.2, -0.15) is 0 Å². The third kappa shape index (κ3) is 11.8. The van der Waals surface area contributed by atoms with E-state index in [1.807, 2.05) is 6.07 Å². The summed E-state index contributed by atoms with van der Waals surface area (Å²) in [6.07, 6.45) is 5.48. The van der Waals surface area contributed by atoms with Crippen molar-refractivity contribution in [1.29, 1.82) is 0 Å². The first-order chi connectivity index (χ1) is 16.5. The molecule has 0 atom stereocenters. The molecule has 0 radical (unpaired) electrons. The van der Waals surface area contributed by atoms with E-state index in [9.17, 15) is 14.0 Å². The number of primary amides is 1. The minimum absolute atomic E-state index is 0.0564. The number of carbonyl (C=O) groups is 2. The molecule has 4 N–H and O–H groups in total. The largest absolute Gasteiger partial charge is 0.493 e. The second-order valence-electron chi connectivity index (χ2n) is 8.47. The van der Waals surface area contributed by atoms with Gasteiger partial charge < -0.3 is 21.1 Å². The Hall–Kier alpha value is -2.93. The SMILES string of the molecule is CCc1cccc(CNCCCCc2cc(F)cc(OCCCCNC(=O)CCC(N)=O)c2)c1. The molecule has 2 aromatic rings. The summed E-state index contributed by atoms with van der Waals surface area (Å²) in [6.45, 7) is 4.91. The molecular formula is C27H38FN3O3. The fraction of sp³-hybridized carbons (Fsp3) is 0.481. The number of nitrogens with one attached hydrogen (secondary N) is 2. The number of ether oxygens (including phenoxy) is 1. The van der Waals surface area contributed by atoms with Gasteiger partial charge in [0.05, 0.1) is 6.61 Å². The predicted molar refractivity (Wildman–Crippen MR) is 133 cm³/mol. The van der Waals surface area contributed by atoms with Gasteiger partial charge in [0.25, 0.3) is 0 Å². The van der Waals surface area contributed by atoms with E-state index in [1.165, 1.54) is 17.2 Å². The van der Waals surface area contributed by atoms with Gasteiger partial charge in [0.2, 0.25) is 11.8 Å². The summed E-state index contributed by atoms with van der Waals surface area (Å²) in [5.74, 6) is -0.420. The molecule has 186 valence electrons. The molecule has 2 amide bonds.